The Balaban J connectivity index is 1.50. The van der Waals surface area contributed by atoms with Gasteiger partial charge in [0, 0.05) is 49.6 Å². The second-order valence-electron chi connectivity index (χ2n) is 7.76. The predicted octanol–water partition coefficient (Wildman–Crippen LogP) is 1.93. The number of nitrogens with one attached hydrogen (secondary N) is 3. The molecule has 4 rings (SSSR count). The second kappa shape index (κ2) is 7.85. The maximum atomic E-state index is 13.3. The topological polar surface area (TPSA) is 77.2 Å². The number of piperidine rings is 1. The highest BCUT2D eigenvalue weighted by Gasteiger charge is 2.38. The Bertz CT molecular complexity index is 911. The van der Waals surface area contributed by atoms with Crippen LogP contribution in [-0.2, 0) is 0 Å². The first-order valence-corrected chi connectivity index (χ1v) is 9.75. The number of halogens is 1. The van der Waals surface area contributed by atoms with E-state index in [0.717, 1.165) is 30.6 Å². The van der Waals surface area contributed by atoms with E-state index in [-0.39, 0.29) is 40.6 Å². The van der Waals surface area contributed by atoms with Crippen LogP contribution >= 0.6 is 0 Å². The normalized spacial score (nSPS) is 25.1. The van der Waals surface area contributed by atoms with Crippen molar-refractivity contribution in [3.63, 3.8) is 0 Å². The van der Waals surface area contributed by atoms with E-state index in [2.05, 4.69) is 15.8 Å². The van der Waals surface area contributed by atoms with Crippen molar-refractivity contribution in [1.29, 1.82) is 0 Å². The number of aryl methyl sites for hydroxylation is 1. The molecule has 2 aliphatic rings. The smallest absolute Gasteiger partial charge is 0.259 e. The number of aromatic nitrogens is 1. The lowest BCUT2D eigenvalue weighted by Crippen LogP contribution is -2.48. The molecular formula is C21H25FN4O2. The summed E-state index contributed by atoms with van der Waals surface area (Å²) >= 11 is 0. The van der Waals surface area contributed by atoms with E-state index in [4.69, 9.17) is 0 Å². The van der Waals surface area contributed by atoms with Crippen molar-refractivity contribution in [2.75, 3.05) is 19.6 Å². The minimum atomic E-state index is -0.242. The minimum Gasteiger partial charge on any atom is -0.364 e. The molecule has 1 amide bonds. The van der Waals surface area contributed by atoms with Gasteiger partial charge in [-0.15, -0.1) is 0 Å². The van der Waals surface area contributed by atoms with E-state index in [0.29, 0.717) is 13.1 Å². The lowest BCUT2D eigenvalue weighted by molar-refractivity contribution is 0.0643. The van der Waals surface area contributed by atoms with E-state index < -0.39 is 0 Å². The number of benzene rings is 1. The van der Waals surface area contributed by atoms with Crippen LogP contribution in [0.4, 0.5) is 4.39 Å². The zero-order chi connectivity index (χ0) is 19.7. The summed E-state index contributed by atoms with van der Waals surface area (Å²) in [6.07, 6.45) is 3.42. The molecule has 7 heteroatoms. The Hall–Kier alpha value is -2.51. The van der Waals surface area contributed by atoms with Crippen molar-refractivity contribution >= 4 is 5.91 Å². The van der Waals surface area contributed by atoms with Gasteiger partial charge in [-0.3, -0.25) is 20.4 Å². The number of rotatable bonds is 3. The molecule has 2 aliphatic heterocycles. The Morgan fingerprint density at radius 1 is 1.25 bits per heavy atom. The zero-order valence-electron chi connectivity index (χ0n) is 15.9. The summed E-state index contributed by atoms with van der Waals surface area (Å²) in [5.74, 6) is 0.0166. The number of amides is 1. The van der Waals surface area contributed by atoms with Crippen molar-refractivity contribution in [2.45, 2.75) is 31.7 Å². The second-order valence-corrected chi connectivity index (χ2v) is 7.76. The molecule has 148 valence electrons. The predicted molar refractivity (Wildman–Crippen MR) is 104 cm³/mol. The fourth-order valence-electron chi connectivity index (χ4n) is 4.39. The summed E-state index contributed by atoms with van der Waals surface area (Å²) in [5.41, 5.74) is 8.35. The number of carbonyl (C=O) groups is 1. The number of aromatic amines is 1. The van der Waals surface area contributed by atoms with Crippen LogP contribution in [0, 0.1) is 18.7 Å². The SMILES string of the molecule is Cc1cc(=O)c(C(=O)N2CCCC(C3NNCC3c3ccc(F)cc3)C2)c[nH]1. The summed E-state index contributed by atoms with van der Waals surface area (Å²) in [4.78, 5) is 29.9. The van der Waals surface area contributed by atoms with Crippen LogP contribution in [0.2, 0.25) is 0 Å². The van der Waals surface area contributed by atoms with Gasteiger partial charge in [-0.25, -0.2) is 4.39 Å². The van der Waals surface area contributed by atoms with Gasteiger partial charge in [-0.05, 0) is 43.4 Å². The van der Waals surface area contributed by atoms with Gasteiger partial charge in [0.15, 0.2) is 5.43 Å². The van der Waals surface area contributed by atoms with E-state index in [1.807, 2.05) is 12.1 Å². The lowest BCUT2D eigenvalue weighted by Gasteiger charge is -2.37. The maximum Gasteiger partial charge on any atom is 0.259 e. The third kappa shape index (κ3) is 3.72. The molecule has 2 saturated heterocycles. The van der Waals surface area contributed by atoms with Crippen molar-refractivity contribution in [3.05, 3.63) is 69.4 Å². The van der Waals surface area contributed by atoms with Crippen LogP contribution in [-0.4, -0.2) is 41.5 Å². The van der Waals surface area contributed by atoms with Crippen molar-refractivity contribution < 1.29 is 9.18 Å². The van der Waals surface area contributed by atoms with Crippen LogP contribution in [0.25, 0.3) is 0 Å². The first-order valence-electron chi connectivity index (χ1n) is 9.75. The van der Waals surface area contributed by atoms with E-state index in [1.165, 1.54) is 24.4 Å². The van der Waals surface area contributed by atoms with Gasteiger partial charge in [0.25, 0.3) is 5.91 Å². The van der Waals surface area contributed by atoms with E-state index in [1.54, 1.807) is 11.8 Å². The highest BCUT2D eigenvalue weighted by Crippen LogP contribution is 2.32. The molecule has 3 heterocycles. The minimum absolute atomic E-state index is 0.150. The Morgan fingerprint density at radius 2 is 2.04 bits per heavy atom. The molecule has 3 atom stereocenters. The van der Waals surface area contributed by atoms with Crippen LogP contribution in [0.5, 0.6) is 0 Å². The maximum absolute atomic E-state index is 13.3. The van der Waals surface area contributed by atoms with Crippen LogP contribution in [0.15, 0.2) is 41.3 Å². The molecule has 0 saturated carbocycles. The average Bonchev–Trinajstić information content (AvgIpc) is 3.18. The Kier molecular flexibility index (Phi) is 5.28. The van der Waals surface area contributed by atoms with Gasteiger partial charge in [-0.2, -0.15) is 0 Å². The third-order valence-electron chi connectivity index (χ3n) is 5.86. The Morgan fingerprint density at radius 3 is 2.79 bits per heavy atom. The van der Waals surface area contributed by atoms with Crippen molar-refractivity contribution in [2.24, 2.45) is 5.92 Å². The summed E-state index contributed by atoms with van der Waals surface area (Å²) < 4.78 is 13.3. The number of carbonyl (C=O) groups excluding carboxylic acids is 1. The largest absolute Gasteiger partial charge is 0.364 e. The molecule has 0 bridgehead atoms. The fourth-order valence-corrected chi connectivity index (χ4v) is 4.39. The highest BCUT2D eigenvalue weighted by atomic mass is 19.1. The first-order chi connectivity index (χ1) is 13.5. The zero-order valence-corrected chi connectivity index (χ0v) is 15.9. The van der Waals surface area contributed by atoms with Gasteiger partial charge >= 0.3 is 0 Å². The number of H-pyrrole nitrogens is 1. The number of hydrogen-bond donors (Lipinski definition) is 3. The van der Waals surface area contributed by atoms with Gasteiger partial charge in [0.1, 0.15) is 11.4 Å². The summed E-state index contributed by atoms with van der Waals surface area (Å²) in [6.45, 7) is 3.81. The summed E-state index contributed by atoms with van der Waals surface area (Å²) in [7, 11) is 0. The first kappa shape index (κ1) is 18.8. The quantitative estimate of drug-likeness (QED) is 0.756. The van der Waals surface area contributed by atoms with Gasteiger partial charge in [0.2, 0.25) is 0 Å². The number of likely N-dealkylation sites (tertiary alicyclic amines) is 1. The molecule has 2 aromatic rings. The number of hydrogen-bond acceptors (Lipinski definition) is 4. The monoisotopic (exact) mass is 384 g/mol. The van der Waals surface area contributed by atoms with Gasteiger partial charge < -0.3 is 9.88 Å². The molecule has 0 aliphatic carbocycles. The fraction of sp³-hybridized carbons (Fsp3) is 0.429. The molecule has 28 heavy (non-hydrogen) atoms. The highest BCUT2D eigenvalue weighted by molar-refractivity contribution is 5.93. The van der Waals surface area contributed by atoms with Crippen molar-refractivity contribution in [1.82, 2.24) is 20.7 Å². The molecule has 1 aromatic carbocycles. The van der Waals surface area contributed by atoms with Crippen LogP contribution in [0.1, 0.15) is 40.4 Å². The Labute approximate surface area is 163 Å². The molecule has 3 unspecified atom stereocenters. The molecule has 0 radical (unpaired) electrons. The van der Waals surface area contributed by atoms with E-state index >= 15 is 0 Å². The number of hydrazine groups is 1. The number of pyridine rings is 1. The summed E-state index contributed by atoms with van der Waals surface area (Å²) in [6, 6.07) is 8.26. The van der Waals surface area contributed by atoms with E-state index in [9.17, 15) is 14.0 Å². The summed E-state index contributed by atoms with van der Waals surface area (Å²) in [5, 5.41) is 0. The molecule has 0 spiro atoms. The molecule has 6 nitrogen and oxygen atoms in total. The lowest BCUT2D eigenvalue weighted by atomic mass is 9.81. The molecule has 3 N–H and O–H groups in total. The van der Waals surface area contributed by atoms with Gasteiger partial charge in [0.05, 0.1) is 0 Å². The third-order valence-corrected chi connectivity index (χ3v) is 5.86. The van der Waals surface area contributed by atoms with Crippen LogP contribution in [0.3, 0.4) is 0 Å². The number of nitrogens with zero attached hydrogens (tertiary/aromatic N) is 1. The average molecular weight is 384 g/mol. The molecule has 2 fully saturated rings. The molecular weight excluding hydrogens is 359 g/mol. The molecule has 1 aromatic heterocycles. The van der Waals surface area contributed by atoms with Crippen LogP contribution < -0.4 is 16.3 Å². The standard InChI is InChI=1S/C21H25FN4O2/c1-13-9-19(27)18(10-23-13)21(28)26-8-2-3-15(12-26)20-17(11-24-25-20)14-4-6-16(22)7-5-14/h4-7,9-10,15,17,20,24-25H,2-3,8,11-12H2,1H3,(H,23,27). The van der Waals surface area contributed by atoms with Gasteiger partial charge in [-0.1, -0.05) is 12.1 Å². The van der Waals surface area contributed by atoms with Crippen molar-refractivity contribution in [3.8, 4) is 0 Å².